The van der Waals surface area contributed by atoms with E-state index in [9.17, 15) is 14.3 Å². The van der Waals surface area contributed by atoms with E-state index in [4.69, 9.17) is 32.1 Å². The molecule has 128 valence electrons. The zero-order valence-electron chi connectivity index (χ0n) is 12.4. The van der Waals surface area contributed by atoms with Crippen LogP contribution in [0.5, 0.6) is 0 Å². The molecule has 0 bridgehead atoms. The van der Waals surface area contributed by atoms with Crippen LogP contribution in [0.2, 0.25) is 0 Å². The lowest BCUT2D eigenvalue weighted by atomic mass is 9.75. The number of nitrogens with two attached hydrogens (primary N) is 1. The maximum Gasteiger partial charge on any atom is 0.414 e. The number of nitrogens with zero attached hydrogens (tertiary/aromatic N) is 1. The van der Waals surface area contributed by atoms with Gasteiger partial charge in [-0.2, -0.15) is 0 Å². The first-order chi connectivity index (χ1) is 11.1. The maximum absolute atomic E-state index is 13.9. The summed E-state index contributed by atoms with van der Waals surface area (Å²) in [7, 11) is 0. The molecule has 0 spiro atoms. The Bertz CT molecular complexity index is 702. The highest BCUT2D eigenvalue weighted by Crippen LogP contribution is 2.34. The van der Waals surface area contributed by atoms with Crippen molar-refractivity contribution < 1.29 is 34.1 Å². The molecule has 1 aromatic carbocycles. The number of carboxylic acid groups (broad SMARTS) is 2. The van der Waals surface area contributed by atoms with Crippen LogP contribution in [-0.4, -0.2) is 39.1 Å². The number of hydrogen-bond acceptors (Lipinski definition) is 5. The van der Waals surface area contributed by atoms with Crippen LogP contribution in [0.25, 0.3) is 4.85 Å². The fourth-order valence-electron chi connectivity index (χ4n) is 2.33. The molecule has 2 rings (SSSR count). The molecule has 0 saturated heterocycles. The molecule has 2 atom stereocenters. The van der Waals surface area contributed by atoms with Crippen molar-refractivity contribution in [1.29, 1.82) is 0 Å². The average molecular weight is 338 g/mol. The molecule has 1 aromatic rings. The van der Waals surface area contributed by atoms with Crippen molar-refractivity contribution >= 4 is 23.4 Å². The van der Waals surface area contributed by atoms with Crippen LogP contribution < -0.4 is 5.73 Å². The van der Waals surface area contributed by atoms with Crippen molar-refractivity contribution in [3.63, 3.8) is 0 Å². The molecule has 1 aliphatic rings. The number of carboxylic acids is 2. The molecule has 8 nitrogen and oxygen atoms in total. The first kappa shape index (κ1) is 19.2. The molecule has 0 heterocycles. The Labute approximate surface area is 136 Å². The van der Waals surface area contributed by atoms with E-state index in [-0.39, 0.29) is 11.3 Å². The maximum atomic E-state index is 13.9. The van der Waals surface area contributed by atoms with Gasteiger partial charge in [-0.05, 0) is 25.3 Å². The fourth-order valence-corrected chi connectivity index (χ4v) is 2.33. The largest absolute Gasteiger partial charge is 0.473 e. The van der Waals surface area contributed by atoms with Gasteiger partial charge in [-0.15, -0.1) is 0 Å². The van der Waals surface area contributed by atoms with Gasteiger partial charge in [0.25, 0.3) is 0 Å². The van der Waals surface area contributed by atoms with E-state index in [1.54, 1.807) is 0 Å². The van der Waals surface area contributed by atoms with Gasteiger partial charge in [0.1, 0.15) is 17.5 Å². The van der Waals surface area contributed by atoms with Crippen LogP contribution in [-0.2, 0) is 19.9 Å². The second-order valence-corrected chi connectivity index (χ2v) is 5.13. The SMILES string of the molecule is O=C(O)C(=O)O.[C-]#[N+]c1ccc(C2(N)CCCC(O)C2=O)c(F)c1. The van der Waals surface area contributed by atoms with E-state index in [1.165, 1.54) is 12.1 Å². The second-order valence-electron chi connectivity index (χ2n) is 5.13. The van der Waals surface area contributed by atoms with E-state index in [0.717, 1.165) is 6.07 Å². The number of aliphatic hydroxyl groups excluding tert-OH is 1. The summed E-state index contributed by atoms with van der Waals surface area (Å²) in [6, 6.07) is 3.85. The minimum atomic E-state index is -1.82. The molecule has 9 heteroatoms. The lowest BCUT2D eigenvalue weighted by Gasteiger charge is -2.35. The van der Waals surface area contributed by atoms with Crippen molar-refractivity contribution in [3.05, 3.63) is 41.0 Å². The van der Waals surface area contributed by atoms with Crippen LogP contribution in [0.1, 0.15) is 24.8 Å². The Kier molecular flexibility index (Phi) is 6.11. The molecular weight excluding hydrogens is 323 g/mol. The minimum Gasteiger partial charge on any atom is -0.473 e. The molecule has 0 radical (unpaired) electrons. The monoisotopic (exact) mass is 338 g/mol. The summed E-state index contributed by atoms with van der Waals surface area (Å²) in [4.78, 5) is 33.3. The highest BCUT2D eigenvalue weighted by Gasteiger charge is 2.43. The Morgan fingerprint density at radius 3 is 2.38 bits per heavy atom. The number of benzene rings is 1. The standard InChI is InChI=1S/C13H13FN2O2.C2H2O4/c1-16-8-4-5-9(10(14)7-8)13(15)6-2-3-11(17)12(13)18;3-1(4)2(5)6/h4-5,7,11,17H,2-3,6,15H2;(H,3,4)(H,5,6). The molecule has 1 saturated carbocycles. The Balaban J connectivity index is 0.000000413. The number of hydrogen-bond donors (Lipinski definition) is 4. The Morgan fingerprint density at radius 2 is 1.92 bits per heavy atom. The first-order valence-corrected chi connectivity index (χ1v) is 6.78. The minimum absolute atomic E-state index is 0.0543. The van der Waals surface area contributed by atoms with Gasteiger partial charge in [-0.3, -0.25) is 4.79 Å². The normalized spacial score (nSPS) is 22.8. The molecule has 1 aliphatic carbocycles. The van der Waals surface area contributed by atoms with Gasteiger partial charge < -0.3 is 21.1 Å². The molecule has 5 N–H and O–H groups in total. The Hall–Kier alpha value is -2.83. The third-order valence-corrected chi connectivity index (χ3v) is 3.54. The number of aliphatic carboxylic acids is 2. The lowest BCUT2D eigenvalue weighted by Crippen LogP contribution is -2.53. The number of ketones is 1. The molecule has 1 fully saturated rings. The van der Waals surface area contributed by atoms with E-state index in [2.05, 4.69) is 4.85 Å². The lowest BCUT2D eigenvalue weighted by molar-refractivity contribution is -0.159. The third kappa shape index (κ3) is 4.13. The number of Topliss-reactive ketones (excluding diaryl/α,β-unsaturated/α-hetero) is 1. The highest BCUT2D eigenvalue weighted by molar-refractivity contribution is 6.27. The smallest absolute Gasteiger partial charge is 0.414 e. The van der Waals surface area contributed by atoms with Gasteiger partial charge in [0.05, 0.1) is 6.57 Å². The van der Waals surface area contributed by atoms with E-state index >= 15 is 0 Å². The first-order valence-electron chi connectivity index (χ1n) is 6.78. The van der Waals surface area contributed by atoms with Gasteiger partial charge in [0.2, 0.25) is 0 Å². The third-order valence-electron chi connectivity index (χ3n) is 3.54. The summed E-state index contributed by atoms with van der Waals surface area (Å²) in [5.41, 5.74) is 4.71. The van der Waals surface area contributed by atoms with Crippen LogP contribution in [0.3, 0.4) is 0 Å². The quantitative estimate of drug-likeness (QED) is 0.438. The predicted molar refractivity (Wildman–Crippen MR) is 78.7 cm³/mol. The number of carbonyl (C=O) groups excluding carboxylic acids is 1. The van der Waals surface area contributed by atoms with Crippen molar-refractivity contribution in [1.82, 2.24) is 0 Å². The van der Waals surface area contributed by atoms with Gasteiger partial charge in [-0.1, -0.05) is 12.1 Å². The zero-order valence-corrected chi connectivity index (χ0v) is 12.4. The van der Waals surface area contributed by atoms with E-state index in [0.29, 0.717) is 19.3 Å². The number of halogens is 1. The summed E-state index contributed by atoms with van der Waals surface area (Å²) >= 11 is 0. The summed E-state index contributed by atoms with van der Waals surface area (Å²) < 4.78 is 13.9. The van der Waals surface area contributed by atoms with Crippen molar-refractivity contribution in [2.75, 3.05) is 0 Å². The number of aliphatic hydroxyl groups is 1. The summed E-state index contributed by atoms with van der Waals surface area (Å²) in [6.07, 6.45) is 0.0909. The Morgan fingerprint density at radius 1 is 1.33 bits per heavy atom. The van der Waals surface area contributed by atoms with Gasteiger partial charge in [0, 0.05) is 5.56 Å². The second kappa shape index (κ2) is 7.63. The molecule has 0 amide bonds. The predicted octanol–water partition coefficient (Wildman–Crippen LogP) is 0.800. The zero-order chi connectivity index (χ0) is 18.5. The average Bonchev–Trinajstić information content (AvgIpc) is 2.52. The van der Waals surface area contributed by atoms with Crippen molar-refractivity contribution in [2.45, 2.75) is 30.9 Å². The van der Waals surface area contributed by atoms with E-state index in [1.807, 2.05) is 0 Å². The van der Waals surface area contributed by atoms with Gasteiger partial charge >= 0.3 is 11.9 Å². The molecular formula is C15H15FN2O6. The molecule has 0 aromatic heterocycles. The number of rotatable bonds is 1. The summed E-state index contributed by atoms with van der Waals surface area (Å²) in [5.74, 6) is -4.87. The van der Waals surface area contributed by atoms with Crippen molar-refractivity contribution in [2.24, 2.45) is 5.73 Å². The van der Waals surface area contributed by atoms with Crippen LogP contribution in [0.15, 0.2) is 18.2 Å². The summed E-state index contributed by atoms with van der Waals surface area (Å²) in [5, 5.41) is 24.3. The van der Waals surface area contributed by atoms with E-state index < -0.39 is 35.2 Å². The van der Waals surface area contributed by atoms with Crippen LogP contribution in [0, 0.1) is 12.4 Å². The van der Waals surface area contributed by atoms with Gasteiger partial charge in [-0.25, -0.2) is 18.8 Å². The topological polar surface area (TPSA) is 142 Å². The van der Waals surface area contributed by atoms with Crippen LogP contribution >= 0.6 is 0 Å². The summed E-state index contributed by atoms with van der Waals surface area (Å²) in [6.45, 7) is 6.80. The number of carbonyl (C=O) groups is 3. The molecule has 2 unspecified atom stereocenters. The highest BCUT2D eigenvalue weighted by atomic mass is 19.1. The fraction of sp³-hybridized carbons (Fsp3) is 0.333. The van der Waals surface area contributed by atoms with Crippen LogP contribution in [0.4, 0.5) is 10.1 Å². The molecule has 0 aliphatic heterocycles. The van der Waals surface area contributed by atoms with Crippen molar-refractivity contribution in [3.8, 4) is 0 Å². The molecule has 24 heavy (non-hydrogen) atoms. The van der Waals surface area contributed by atoms with Gasteiger partial charge in [0.15, 0.2) is 11.5 Å².